The van der Waals surface area contributed by atoms with E-state index in [1.165, 1.54) is 141 Å². The van der Waals surface area contributed by atoms with Gasteiger partial charge < -0.3 is 21.2 Å². The third kappa shape index (κ3) is 42.3. The lowest BCUT2D eigenvalue weighted by Gasteiger charge is -2.11. The Kier molecular flexibility index (Phi) is 42.7. The zero-order chi connectivity index (χ0) is 33.3. The summed E-state index contributed by atoms with van der Waals surface area (Å²) in [4.78, 5) is 22.5. The lowest BCUT2D eigenvalue weighted by molar-refractivity contribution is -0.124. The molecule has 5 heteroatoms. The molecule has 1 atom stereocenters. The van der Waals surface area contributed by atoms with Crippen molar-refractivity contribution in [3.05, 3.63) is 36.5 Å². The molecular formula is C40H77N3O2. The number of unbranched alkanes of at least 4 members (excludes halogenated alkanes) is 19. The number of allylic oxidation sites excluding steroid dienone is 6. The minimum absolute atomic E-state index is 0.0341. The van der Waals surface area contributed by atoms with Crippen LogP contribution >= 0.6 is 0 Å². The van der Waals surface area contributed by atoms with Gasteiger partial charge in [0, 0.05) is 6.42 Å². The Hall–Kier alpha value is -1.72. The number of aldehydes is 1. The molecule has 1 unspecified atom stereocenters. The van der Waals surface area contributed by atoms with Crippen LogP contribution in [0.1, 0.15) is 181 Å². The highest BCUT2D eigenvalue weighted by molar-refractivity contribution is 5.79. The summed E-state index contributed by atoms with van der Waals surface area (Å²) >= 11 is 0. The van der Waals surface area contributed by atoms with Gasteiger partial charge in [0.1, 0.15) is 6.29 Å². The lowest BCUT2D eigenvalue weighted by Crippen LogP contribution is -2.37. The predicted molar refractivity (Wildman–Crippen MR) is 200 cm³/mol. The van der Waals surface area contributed by atoms with E-state index in [1.54, 1.807) is 0 Å². The van der Waals surface area contributed by atoms with Crippen LogP contribution in [0.4, 0.5) is 0 Å². The topological polar surface area (TPSA) is 84.2 Å². The number of nitrogens with two attached hydrogens (primary N) is 1. The van der Waals surface area contributed by atoms with E-state index in [0.29, 0.717) is 19.4 Å². The Morgan fingerprint density at radius 3 is 1.51 bits per heavy atom. The number of hydrogen-bond acceptors (Lipinski definition) is 4. The van der Waals surface area contributed by atoms with Gasteiger partial charge in [0.05, 0.1) is 6.04 Å². The minimum Gasteiger partial charge on any atom is -0.347 e. The van der Waals surface area contributed by atoms with E-state index in [2.05, 4.69) is 60.9 Å². The van der Waals surface area contributed by atoms with Crippen LogP contribution in [0.15, 0.2) is 36.5 Å². The molecule has 4 N–H and O–H groups in total. The summed E-state index contributed by atoms with van der Waals surface area (Å²) < 4.78 is 0. The summed E-state index contributed by atoms with van der Waals surface area (Å²) in [5.74, 6) is -0.0341. The van der Waals surface area contributed by atoms with Gasteiger partial charge in [-0.2, -0.15) is 0 Å². The van der Waals surface area contributed by atoms with Crippen molar-refractivity contribution in [1.29, 1.82) is 0 Å². The first-order valence-corrected chi connectivity index (χ1v) is 19.2. The van der Waals surface area contributed by atoms with Crippen LogP contribution < -0.4 is 16.4 Å². The van der Waals surface area contributed by atoms with Crippen molar-refractivity contribution in [3.63, 3.8) is 0 Å². The quantitative estimate of drug-likeness (QED) is 0.0382. The van der Waals surface area contributed by atoms with Crippen LogP contribution in [-0.2, 0) is 9.59 Å². The van der Waals surface area contributed by atoms with E-state index >= 15 is 0 Å². The Labute approximate surface area is 281 Å². The predicted octanol–water partition coefficient (Wildman–Crippen LogP) is 10.7. The maximum absolute atomic E-state index is 11.7. The van der Waals surface area contributed by atoms with Crippen LogP contribution in [0.3, 0.4) is 0 Å². The van der Waals surface area contributed by atoms with Crippen molar-refractivity contribution in [2.75, 3.05) is 20.1 Å². The van der Waals surface area contributed by atoms with E-state index in [0.717, 1.165) is 25.5 Å². The van der Waals surface area contributed by atoms with Crippen LogP contribution in [0, 0.1) is 0 Å². The zero-order valence-electron chi connectivity index (χ0n) is 30.3. The van der Waals surface area contributed by atoms with Crippen LogP contribution in [-0.4, -0.2) is 38.4 Å². The second kappa shape index (κ2) is 42.3. The van der Waals surface area contributed by atoms with Crippen molar-refractivity contribution in [3.8, 4) is 0 Å². The third-order valence-electron chi connectivity index (χ3n) is 8.03. The average Bonchev–Trinajstić information content (AvgIpc) is 3.04. The van der Waals surface area contributed by atoms with Crippen LogP contribution in [0.5, 0.6) is 0 Å². The molecule has 0 radical (unpaired) electrons. The fourth-order valence-electron chi connectivity index (χ4n) is 5.10. The summed E-state index contributed by atoms with van der Waals surface area (Å²) in [6.07, 6.45) is 46.5. The van der Waals surface area contributed by atoms with Crippen molar-refractivity contribution in [2.45, 2.75) is 187 Å². The lowest BCUT2D eigenvalue weighted by atomic mass is 10.1. The van der Waals surface area contributed by atoms with Crippen molar-refractivity contribution in [2.24, 2.45) is 5.73 Å². The molecule has 5 nitrogen and oxygen atoms in total. The first kappa shape index (κ1) is 45.4. The SMILES string of the molecule is CCCCC/C=C\C/C=C\CCCCCCCNC.CCCCCCCC/C=C\CCCCCCCC(=O)NC(C=O)CCN. The Morgan fingerprint density at radius 1 is 0.600 bits per heavy atom. The first-order chi connectivity index (χ1) is 22.2. The van der Waals surface area contributed by atoms with Gasteiger partial charge in [-0.25, -0.2) is 0 Å². The summed E-state index contributed by atoms with van der Waals surface area (Å²) in [6.45, 7) is 6.10. The van der Waals surface area contributed by atoms with Crippen LogP contribution in [0.25, 0.3) is 0 Å². The van der Waals surface area contributed by atoms with E-state index in [1.807, 2.05) is 7.05 Å². The fraction of sp³-hybridized carbons (Fsp3) is 0.800. The molecular weight excluding hydrogens is 554 g/mol. The number of carbonyl (C=O) groups is 2. The van der Waals surface area contributed by atoms with Gasteiger partial charge in [-0.15, -0.1) is 0 Å². The summed E-state index contributed by atoms with van der Waals surface area (Å²) in [6, 6.07) is -0.421. The molecule has 0 bridgehead atoms. The molecule has 0 saturated heterocycles. The molecule has 45 heavy (non-hydrogen) atoms. The largest absolute Gasteiger partial charge is 0.347 e. The van der Waals surface area contributed by atoms with Gasteiger partial charge in [0.25, 0.3) is 0 Å². The molecule has 0 aromatic rings. The Balaban J connectivity index is 0. The summed E-state index contributed by atoms with van der Waals surface area (Å²) in [7, 11) is 2.03. The molecule has 0 fully saturated rings. The highest BCUT2D eigenvalue weighted by atomic mass is 16.2. The van der Waals surface area contributed by atoms with E-state index in [4.69, 9.17) is 5.73 Å². The second-order valence-corrected chi connectivity index (χ2v) is 12.6. The molecule has 0 rings (SSSR count). The number of nitrogens with one attached hydrogen (secondary N) is 2. The second-order valence-electron chi connectivity index (χ2n) is 12.6. The highest BCUT2D eigenvalue weighted by Gasteiger charge is 2.09. The zero-order valence-corrected chi connectivity index (χ0v) is 30.3. The van der Waals surface area contributed by atoms with Gasteiger partial charge in [-0.1, -0.05) is 134 Å². The van der Waals surface area contributed by atoms with Gasteiger partial charge in [-0.05, 0) is 97.2 Å². The molecule has 0 aliphatic heterocycles. The van der Waals surface area contributed by atoms with E-state index in [9.17, 15) is 9.59 Å². The monoisotopic (exact) mass is 632 g/mol. The third-order valence-corrected chi connectivity index (χ3v) is 8.03. The molecule has 1 amide bonds. The Bertz CT molecular complexity index is 674. The van der Waals surface area contributed by atoms with Crippen molar-refractivity contribution >= 4 is 12.2 Å². The molecule has 264 valence electrons. The molecule has 0 aromatic carbocycles. The standard InChI is InChI=1S/C22H42N2O2.C18H35N/c1-2-3-4-5-6-7-8-9-10-11-12-13-14-15-16-17-22(26)24-21(20-25)18-19-23;1-3-4-5-6-7-8-9-10-11-12-13-14-15-16-17-18-19-2/h9-10,20-21H,2-8,11-19,23H2,1H3,(H,24,26);7-8,10-11,19H,3-6,9,12-18H2,1-2H3/b10-9-;8-7-,11-10-. The highest BCUT2D eigenvalue weighted by Crippen LogP contribution is 2.10. The minimum atomic E-state index is -0.421. The van der Waals surface area contributed by atoms with Gasteiger partial charge in [-0.3, -0.25) is 4.79 Å². The maximum Gasteiger partial charge on any atom is 0.220 e. The van der Waals surface area contributed by atoms with E-state index in [-0.39, 0.29) is 5.91 Å². The van der Waals surface area contributed by atoms with E-state index < -0.39 is 6.04 Å². The Morgan fingerprint density at radius 2 is 1.02 bits per heavy atom. The fourth-order valence-corrected chi connectivity index (χ4v) is 5.10. The smallest absolute Gasteiger partial charge is 0.220 e. The maximum atomic E-state index is 11.7. The number of rotatable bonds is 33. The number of carbonyl (C=O) groups excluding carboxylic acids is 2. The average molecular weight is 632 g/mol. The van der Waals surface area contributed by atoms with Gasteiger partial charge >= 0.3 is 0 Å². The van der Waals surface area contributed by atoms with Gasteiger partial charge in [0.2, 0.25) is 5.91 Å². The molecule has 0 aliphatic carbocycles. The molecule has 0 spiro atoms. The molecule has 0 aromatic heterocycles. The number of hydrogen-bond donors (Lipinski definition) is 3. The molecule has 0 saturated carbocycles. The summed E-state index contributed by atoms with van der Waals surface area (Å²) in [5, 5.41) is 5.92. The normalized spacial score (nSPS) is 12.2. The molecule has 0 aliphatic rings. The summed E-state index contributed by atoms with van der Waals surface area (Å²) in [5.41, 5.74) is 5.40. The molecule has 0 heterocycles. The number of amides is 1. The first-order valence-electron chi connectivity index (χ1n) is 19.2. The van der Waals surface area contributed by atoms with Crippen molar-refractivity contribution < 1.29 is 9.59 Å². The van der Waals surface area contributed by atoms with Gasteiger partial charge in [0.15, 0.2) is 0 Å². The van der Waals surface area contributed by atoms with Crippen molar-refractivity contribution in [1.82, 2.24) is 10.6 Å². The van der Waals surface area contributed by atoms with Crippen LogP contribution in [0.2, 0.25) is 0 Å².